The van der Waals surface area contributed by atoms with E-state index >= 15 is 0 Å². The molecule has 25 heavy (non-hydrogen) atoms. The average molecular weight is 339 g/mol. The Balaban J connectivity index is 1.55. The van der Waals surface area contributed by atoms with Crippen molar-refractivity contribution >= 4 is 0 Å². The van der Waals surface area contributed by atoms with E-state index in [-0.39, 0.29) is 0 Å². The second-order valence-electron chi connectivity index (χ2n) is 7.88. The minimum absolute atomic E-state index is 0.369. The molecule has 1 atom stereocenters. The maximum absolute atomic E-state index is 4.98. The summed E-state index contributed by atoms with van der Waals surface area (Å²) >= 11 is 0. The van der Waals surface area contributed by atoms with E-state index in [1.54, 1.807) is 0 Å². The molecule has 134 valence electrons. The molecule has 2 fully saturated rings. The minimum Gasteiger partial charge on any atom is -0.300 e. The number of likely N-dealkylation sites (tertiary alicyclic amines) is 1. The van der Waals surface area contributed by atoms with E-state index in [4.69, 9.17) is 4.98 Å². The van der Waals surface area contributed by atoms with E-state index in [1.807, 2.05) is 24.8 Å². The van der Waals surface area contributed by atoms with Gasteiger partial charge in [0.2, 0.25) is 0 Å². The predicted molar refractivity (Wildman–Crippen MR) is 99.0 cm³/mol. The largest absolute Gasteiger partial charge is 0.300 e. The first-order valence-electron chi connectivity index (χ1n) is 9.82. The summed E-state index contributed by atoms with van der Waals surface area (Å²) in [5.74, 6) is 2.82. The highest BCUT2D eigenvalue weighted by atomic mass is 15.2. The van der Waals surface area contributed by atoms with Crippen LogP contribution >= 0.6 is 0 Å². The zero-order valence-corrected chi connectivity index (χ0v) is 15.4. The molecule has 0 N–H and O–H groups in total. The molecule has 2 aromatic rings. The first-order chi connectivity index (χ1) is 12.2. The normalized spacial score (nSPS) is 22.8. The Morgan fingerprint density at radius 1 is 1.08 bits per heavy atom. The molecule has 1 saturated carbocycles. The van der Waals surface area contributed by atoms with Crippen molar-refractivity contribution in [1.29, 1.82) is 0 Å². The molecule has 0 radical (unpaired) electrons. The molecule has 0 spiro atoms. The number of piperidine rings is 1. The van der Waals surface area contributed by atoms with Gasteiger partial charge in [-0.1, -0.05) is 26.7 Å². The minimum atomic E-state index is 0.369. The van der Waals surface area contributed by atoms with Gasteiger partial charge in [0.05, 0.1) is 11.9 Å². The predicted octanol–water partition coefficient (Wildman–Crippen LogP) is 3.91. The summed E-state index contributed by atoms with van der Waals surface area (Å²) in [4.78, 5) is 16.7. The highest BCUT2D eigenvalue weighted by Crippen LogP contribution is 2.31. The van der Waals surface area contributed by atoms with Crippen LogP contribution in [0.3, 0.4) is 0 Å². The second kappa shape index (κ2) is 7.24. The topological polar surface area (TPSA) is 46.8 Å². The van der Waals surface area contributed by atoms with Gasteiger partial charge < -0.3 is 0 Å². The van der Waals surface area contributed by atoms with E-state index in [0.29, 0.717) is 11.8 Å². The van der Waals surface area contributed by atoms with Crippen LogP contribution in [0, 0.1) is 0 Å². The highest BCUT2D eigenvalue weighted by molar-refractivity contribution is 5.25. The van der Waals surface area contributed by atoms with Crippen molar-refractivity contribution in [3.05, 3.63) is 36.3 Å². The molecule has 5 nitrogen and oxygen atoms in total. The zero-order chi connectivity index (χ0) is 17.2. The number of imidazole rings is 1. The van der Waals surface area contributed by atoms with Crippen molar-refractivity contribution in [2.75, 3.05) is 13.1 Å². The standard InChI is InChI=1S/C20H29N5/c1-15(2)20-22-9-11-25(20)19-13-21-12-18(23-19)16-6-5-10-24(14-16)17-7-3-4-8-17/h9,11-13,15-17H,3-8,10,14H2,1-2H3/t16-/m0/s1. The Hall–Kier alpha value is -1.75. The third kappa shape index (κ3) is 3.47. The molecule has 0 unspecified atom stereocenters. The van der Waals surface area contributed by atoms with Crippen molar-refractivity contribution in [2.24, 2.45) is 0 Å². The molecule has 1 saturated heterocycles. The maximum atomic E-state index is 4.98. The Morgan fingerprint density at radius 2 is 1.92 bits per heavy atom. The molecule has 3 heterocycles. The van der Waals surface area contributed by atoms with E-state index in [9.17, 15) is 0 Å². The lowest BCUT2D eigenvalue weighted by Crippen LogP contribution is -2.40. The molecule has 0 amide bonds. The second-order valence-corrected chi connectivity index (χ2v) is 7.88. The van der Waals surface area contributed by atoms with Gasteiger partial charge >= 0.3 is 0 Å². The van der Waals surface area contributed by atoms with Gasteiger partial charge in [0.15, 0.2) is 5.82 Å². The number of hydrogen-bond acceptors (Lipinski definition) is 4. The van der Waals surface area contributed by atoms with Gasteiger partial charge in [-0.25, -0.2) is 9.97 Å². The van der Waals surface area contributed by atoms with Crippen LogP contribution in [-0.2, 0) is 0 Å². The number of aromatic nitrogens is 4. The molecule has 0 aromatic carbocycles. The van der Waals surface area contributed by atoms with Crippen molar-refractivity contribution < 1.29 is 0 Å². The van der Waals surface area contributed by atoms with E-state index in [0.717, 1.165) is 29.9 Å². The Morgan fingerprint density at radius 3 is 2.72 bits per heavy atom. The number of nitrogens with zero attached hydrogens (tertiary/aromatic N) is 5. The van der Waals surface area contributed by atoms with Gasteiger partial charge in [0.1, 0.15) is 5.82 Å². The summed E-state index contributed by atoms with van der Waals surface area (Å²) in [5, 5.41) is 0. The average Bonchev–Trinajstić information content (AvgIpc) is 3.34. The molecular formula is C20H29N5. The van der Waals surface area contributed by atoms with Crippen LogP contribution < -0.4 is 0 Å². The van der Waals surface area contributed by atoms with E-state index in [2.05, 4.69) is 33.3 Å². The third-order valence-corrected chi connectivity index (χ3v) is 5.79. The van der Waals surface area contributed by atoms with Crippen molar-refractivity contribution in [2.45, 2.75) is 70.3 Å². The summed E-state index contributed by atoms with van der Waals surface area (Å²) in [6.45, 7) is 6.73. The van der Waals surface area contributed by atoms with Gasteiger partial charge in [-0.3, -0.25) is 14.5 Å². The summed E-state index contributed by atoms with van der Waals surface area (Å²) in [6.07, 6.45) is 15.7. The van der Waals surface area contributed by atoms with Crippen molar-refractivity contribution in [1.82, 2.24) is 24.4 Å². The fourth-order valence-electron chi connectivity index (χ4n) is 4.47. The van der Waals surface area contributed by atoms with Crippen LogP contribution in [0.2, 0.25) is 0 Å². The lowest BCUT2D eigenvalue weighted by Gasteiger charge is -2.36. The highest BCUT2D eigenvalue weighted by Gasteiger charge is 2.29. The molecule has 2 aliphatic rings. The molecule has 5 heteroatoms. The first kappa shape index (κ1) is 16.7. The van der Waals surface area contributed by atoms with Crippen LogP contribution in [-0.4, -0.2) is 43.6 Å². The maximum Gasteiger partial charge on any atom is 0.156 e. The van der Waals surface area contributed by atoms with Gasteiger partial charge in [0, 0.05) is 43.0 Å². The molecule has 2 aromatic heterocycles. The van der Waals surface area contributed by atoms with Crippen LogP contribution in [0.4, 0.5) is 0 Å². The fourth-order valence-corrected chi connectivity index (χ4v) is 4.47. The quantitative estimate of drug-likeness (QED) is 0.847. The summed E-state index contributed by atoms with van der Waals surface area (Å²) in [5.41, 5.74) is 1.14. The number of rotatable bonds is 4. The Kier molecular flexibility index (Phi) is 4.84. The smallest absolute Gasteiger partial charge is 0.156 e. The van der Waals surface area contributed by atoms with Gasteiger partial charge in [-0.15, -0.1) is 0 Å². The van der Waals surface area contributed by atoms with Gasteiger partial charge in [0.25, 0.3) is 0 Å². The molecule has 1 aliphatic carbocycles. The van der Waals surface area contributed by atoms with E-state index < -0.39 is 0 Å². The summed E-state index contributed by atoms with van der Waals surface area (Å²) < 4.78 is 2.08. The Bertz CT molecular complexity index is 702. The SMILES string of the molecule is CC(C)c1nccn1-c1cncc([C@H]2CCCN(C3CCCC3)C2)n1. The van der Waals surface area contributed by atoms with Crippen molar-refractivity contribution in [3.8, 4) is 5.82 Å². The van der Waals surface area contributed by atoms with Crippen LogP contribution in [0.1, 0.15) is 75.7 Å². The monoisotopic (exact) mass is 339 g/mol. The lowest BCUT2D eigenvalue weighted by molar-refractivity contribution is 0.149. The third-order valence-electron chi connectivity index (χ3n) is 5.79. The van der Waals surface area contributed by atoms with Gasteiger partial charge in [-0.2, -0.15) is 0 Å². The van der Waals surface area contributed by atoms with Gasteiger partial charge in [-0.05, 0) is 32.2 Å². The molecule has 4 rings (SSSR count). The zero-order valence-electron chi connectivity index (χ0n) is 15.4. The summed E-state index contributed by atoms with van der Waals surface area (Å²) in [7, 11) is 0. The molecular weight excluding hydrogens is 310 g/mol. The van der Waals surface area contributed by atoms with Crippen LogP contribution in [0.25, 0.3) is 5.82 Å². The Labute approximate surface area is 150 Å². The first-order valence-corrected chi connectivity index (χ1v) is 9.82. The lowest BCUT2D eigenvalue weighted by atomic mass is 9.93. The number of hydrogen-bond donors (Lipinski definition) is 0. The molecule has 0 bridgehead atoms. The van der Waals surface area contributed by atoms with Crippen LogP contribution in [0.15, 0.2) is 24.8 Å². The summed E-state index contributed by atoms with van der Waals surface area (Å²) in [6, 6.07) is 0.806. The molecule has 1 aliphatic heterocycles. The van der Waals surface area contributed by atoms with E-state index in [1.165, 1.54) is 45.1 Å². The van der Waals surface area contributed by atoms with Crippen LogP contribution in [0.5, 0.6) is 0 Å². The van der Waals surface area contributed by atoms with Crippen molar-refractivity contribution in [3.63, 3.8) is 0 Å². The fraction of sp³-hybridized carbons (Fsp3) is 0.650.